The Morgan fingerprint density at radius 3 is 2.30 bits per heavy atom. The molecule has 1 saturated carbocycles. The number of aryl methyl sites for hydroxylation is 1. The van der Waals surface area contributed by atoms with Gasteiger partial charge in [-0.15, -0.1) is 0 Å². The van der Waals surface area contributed by atoms with Crippen LogP contribution < -0.4 is 19.8 Å². The maximum absolute atomic E-state index is 14.0. The number of carbonyl (C=O) groups is 2. The summed E-state index contributed by atoms with van der Waals surface area (Å²) in [6, 6.07) is 27.1. The number of para-hydroxylation sites is 1. The van der Waals surface area contributed by atoms with E-state index in [2.05, 4.69) is 15.8 Å². The summed E-state index contributed by atoms with van der Waals surface area (Å²) in [6.45, 7) is 1.79. The minimum atomic E-state index is -4.08. The van der Waals surface area contributed by atoms with Crippen molar-refractivity contribution in [2.24, 2.45) is 5.10 Å². The molecule has 4 aromatic carbocycles. The van der Waals surface area contributed by atoms with Crippen molar-refractivity contribution in [2.75, 3.05) is 10.9 Å². The fourth-order valence-corrected chi connectivity index (χ4v) is 6.91. The second-order valence-corrected chi connectivity index (χ2v) is 13.7. The van der Waals surface area contributed by atoms with E-state index in [0.29, 0.717) is 21.9 Å². The average molecular weight is 673 g/mol. The van der Waals surface area contributed by atoms with Crippen LogP contribution >= 0.6 is 11.6 Å². The van der Waals surface area contributed by atoms with Gasteiger partial charge in [0.15, 0.2) is 6.61 Å². The smallest absolute Gasteiger partial charge is 0.273 e. The van der Waals surface area contributed by atoms with Crippen LogP contribution in [0.2, 0.25) is 5.02 Å². The van der Waals surface area contributed by atoms with Crippen LogP contribution in [0.25, 0.3) is 0 Å². The molecule has 1 fully saturated rings. The predicted molar refractivity (Wildman–Crippen MR) is 184 cm³/mol. The lowest BCUT2D eigenvalue weighted by Crippen LogP contribution is -2.38. The van der Waals surface area contributed by atoms with Crippen molar-refractivity contribution >= 4 is 45.3 Å². The molecule has 244 valence electrons. The molecule has 0 saturated heterocycles. The summed E-state index contributed by atoms with van der Waals surface area (Å²) < 4.78 is 34.8. The number of nitrogens with one attached hydrogen (secondary N) is 2. The number of nitrogens with zero attached hydrogens (tertiary/aromatic N) is 2. The van der Waals surface area contributed by atoms with Gasteiger partial charge in [0.2, 0.25) is 0 Å². The molecule has 1 aliphatic carbocycles. The largest absolute Gasteiger partial charge is 0.484 e. The fraction of sp³-hybridized carbons (Fsp3) is 0.250. The molecule has 11 heteroatoms. The molecule has 0 heterocycles. The van der Waals surface area contributed by atoms with Crippen LogP contribution in [-0.2, 0) is 21.4 Å². The second kappa shape index (κ2) is 15.8. The molecule has 0 bridgehead atoms. The number of hydrogen-bond acceptors (Lipinski definition) is 6. The lowest BCUT2D eigenvalue weighted by Gasteiger charge is -2.26. The highest BCUT2D eigenvalue weighted by atomic mass is 35.5. The molecule has 9 nitrogen and oxygen atoms in total. The second-order valence-electron chi connectivity index (χ2n) is 11.4. The molecular weight excluding hydrogens is 636 g/mol. The van der Waals surface area contributed by atoms with Gasteiger partial charge >= 0.3 is 0 Å². The van der Waals surface area contributed by atoms with Gasteiger partial charge in [-0.1, -0.05) is 72.8 Å². The highest BCUT2D eigenvalue weighted by Gasteiger charge is 2.28. The molecule has 0 unspecified atom stereocenters. The van der Waals surface area contributed by atoms with Crippen molar-refractivity contribution in [3.8, 4) is 5.75 Å². The number of carbonyl (C=O) groups excluding carboxylic acids is 2. The summed E-state index contributed by atoms with van der Waals surface area (Å²) in [5.74, 6) is -0.181. The van der Waals surface area contributed by atoms with Crippen molar-refractivity contribution in [3.63, 3.8) is 0 Å². The predicted octanol–water partition coefficient (Wildman–Crippen LogP) is 6.64. The lowest BCUT2D eigenvalue weighted by molar-refractivity contribution is -0.124. The molecule has 0 spiro atoms. The first-order valence-corrected chi connectivity index (χ1v) is 17.3. The number of amides is 2. The van der Waals surface area contributed by atoms with Crippen molar-refractivity contribution in [3.05, 3.63) is 124 Å². The molecule has 2 N–H and O–H groups in total. The van der Waals surface area contributed by atoms with Gasteiger partial charge in [-0.2, -0.15) is 5.10 Å². The maximum Gasteiger partial charge on any atom is 0.273 e. The first-order chi connectivity index (χ1) is 22.7. The van der Waals surface area contributed by atoms with Crippen molar-refractivity contribution < 1.29 is 22.7 Å². The van der Waals surface area contributed by atoms with Crippen LogP contribution in [0.5, 0.6) is 5.75 Å². The van der Waals surface area contributed by atoms with Gasteiger partial charge in [-0.25, -0.2) is 13.8 Å². The summed E-state index contributed by atoms with van der Waals surface area (Å²) in [7, 11) is -4.08. The van der Waals surface area contributed by atoms with Crippen molar-refractivity contribution in [1.82, 2.24) is 10.7 Å². The molecule has 47 heavy (non-hydrogen) atoms. The number of benzene rings is 4. The number of ether oxygens (including phenoxy) is 1. The maximum atomic E-state index is 14.0. The molecule has 2 amide bonds. The summed E-state index contributed by atoms with van der Waals surface area (Å²) in [5, 5.41) is 7.65. The highest BCUT2D eigenvalue weighted by molar-refractivity contribution is 7.92. The van der Waals surface area contributed by atoms with Crippen LogP contribution in [0.4, 0.5) is 5.69 Å². The first kappa shape index (κ1) is 33.7. The zero-order valence-corrected chi connectivity index (χ0v) is 27.6. The molecule has 0 atom stereocenters. The van der Waals surface area contributed by atoms with E-state index in [-0.39, 0.29) is 41.2 Å². The van der Waals surface area contributed by atoms with E-state index in [4.69, 9.17) is 16.3 Å². The number of sulfonamides is 1. The lowest BCUT2D eigenvalue weighted by atomic mass is 9.95. The summed E-state index contributed by atoms with van der Waals surface area (Å²) in [5.41, 5.74) is 5.14. The highest BCUT2D eigenvalue weighted by Crippen LogP contribution is 2.30. The summed E-state index contributed by atoms with van der Waals surface area (Å²) in [4.78, 5) is 25.7. The van der Waals surface area contributed by atoms with Gasteiger partial charge in [0.25, 0.3) is 21.8 Å². The minimum absolute atomic E-state index is 0.0302. The zero-order chi connectivity index (χ0) is 33.2. The van der Waals surface area contributed by atoms with Gasteiger partial charge in [0, 0.05) is 11.1 Å². The zero-order valence-electron chi connectivity index (χ0n) is 26.1. The first-order valence-electron chi connectivity index (χ1n) is 15.5. The van der Waals surface area contributed by atoms with Crippen LogP contribution in [0, 0.1) is 6.92 Å². The van der Waals surface area contributed by atoms with Crippen molar-refractivity contribution in [1.29, 1.82) is 0 Å². The van der Waals surface area contributed by atoms with Crippen molar-refractivity contribution in [2.45, 2.75) is 56.5 Å². The molecule has 4 aromatic rings. The third kappa shape index (κ3) is 9.21. The van der Waals surface area contributed by atoms with Gasteiger partial charge < -0.3 is 10.1 Å². The van der Waals surface area contributed by atoms with Gasteiger partial charge in [0.1, 0.15) is 5.75 Å². The molecule has 0 aliphatic heterocycles. The quantitative estimate of drug-likeness (QED) is 0.129. The third-order valence-electron chi connectivity index (χ3n) is 7.87. The topological polar surface area (TPSA) is 117 Å². The van der Waals surface area contributed by atoms with Crippen LogP contribution in [-0.4, -0.2) is 39.1 Å². The Morgan fingerprint density at radius 2 is 1.60 bits per heavy atom. The monoisotopic (exact) mass is 672 g/mol. The number of halogens is 1. The standard InChI is InChI=1S/C36H37ClN4O5S/c1-26-11-21-32(22-12-26)47(44,45)41(24-28-13-17-29(37)18-14-28)34-10-6-5-9-33(34)36(43)40-38-23-27-15-19-31(20-16-27)46-25-35(42)39-30-7-3-2-4-8-30/h5-6,9-23,30H,2-4,7-8,24-25H2,1H3,(H,39,42)(H,40,43)/b38-23+. The molecule has 0 radical (unpaired) electrons. The molecule has 5 rings (SSSR count). The Balaban J connectivity index is 1.27. The molecule has 0 aromatic heterocycles. The Hall–Kier alpha value is -4.67. The number of rotatable bonds is 12. The van der Waals surface area contributed by atoms with Crippen LogP contribution in [0.15, 0.2) is 107 Å². The number of anilines is 1. The van der Waals surface area contributed by atoms with E-state index in [0.717, 1.165) is 31.2 Å². The number of hydrogen-bond donors (Lipinski definition) is 2. The van der Waals surface area contributed by atoms with Gasteiger partial charge in [-0.3, -0.25) is 13.9 Å². The normalized spacial score (nSPS) is 13.7. The Labute approximate surface area is 280 Å². The number of hydrazone groups is 1. The van der Waals surface area contributed by atoms with E-state index >= 15 is 0 Å². The van der Waals surface area contributed by atoms with Crippen LogP contribution in [0.3, 0.4) is 0 Å². The molecular formula is C36H37ClN4O5S. The summed E-state index contributed by atoms with van der Waals surface area (Å²) >= 11 is 6.07. The van der Waals surface area contributed by atoms with Gasteiger partial charge in [0.05, 0.1) is 28.9 Å². The van der Waals surface area contributed by atoms with E-state index in [1.54, 1.807) is 97.1 Å². The SMILES string of the molecule is Cc1ccc(S(=O)(=O)N(Cc2ccc(Cl)cc2)c2ccccc2C(=O)N/N=C/c2ccc(OCC(=O)NC3CCCCC3)cc2)cc1. The summed E-state index contributed by atoms with van der Waals surface area (Å²) in [6.07, 6.45) is 6.99. The Kier molecular flexibility index (Phi) is 11.3. The molecule has 1 aliphatic rings. The van der Waals surface area contributed by atoms with Gasteiger partial charge in [-0.05, 0) is 91.6 Å². The van der Waals surface area contributed by atoms with E-state index in [1.807, 2.05) is 6.92 Å². The average Bonchev–Trinajstić information content (AvgIpc) is 3.08. The third-order valence-corrected chi connectivity index (χ3v) is 9.89. The Bertz CT molecular complexity index is 1810. The fourth-order valence-electron chi connectivity index (χ4n) is 5.32. The Morgan fingerprint density at radius 1 is 0.915 bits per heavy atom. The minimum Gasteiger partial charge on any atom is -0.484 e. The van der Waals surface area contributed by atoms with E-state index < -0.39 is 15.9 Å². The van der Waals surface area contributed by atoms with Crippen LogP contribution in [0.1, 0.15) is 59.2 Å². The van der Waals surface area contributed by atoms with E-state index in [1.165, 1.54) is 16.9 Å². The van der Waals surface area contributed by atoms with E-state index in [9.17, 15) is 18.0 Å².